The Hall–Kier alpha value is -1.88. The molecule has 0 aliphatic carbocycles. The summed E-state index contributed by atoms with van der Waals surface area (Å²) >= 11 is 5.97. The summed E-state index contributed by atoms with van der Waals surface area (Å²) < 4.78 is 5.72. The summed E-state index contributed by atoms with van der Waals surface area (Å²) in [6, 6.07) is 17.6. The molecule has 0 bridgehead atoms. The van der Waals surface area contributed by atoms with Gasteiger partial charge < -0.3 is 15.8 Å². The molecule has 1 fully saturated rings. The summed E-state index contributed by atoms with van der Waals surface area (Å²) in [5, 5.41) is 3.85. The second-order valence-corrected chi connectivity index (χ2v) is 6.80. The highest BCUT2D eigenvalue weighted by Gasteiger charge is 2.31. The summed E-state index contributed by atoms with van der Waals surface area (Å²) in [7, 11) is 0. The molecule has 1 aliphatic heterocycles. The van der Waals surface area contributed by atoms with Crippen molar-refractivity contribution in [3.05, 3.63) is 70.7 Å². The van der Waals surface area contributed by atoms with Crippen LogP contribution in [-0.2, 0) is 16.0 Å². The highest BCUT2D eigenvalue weighted by atomic mass is 35.5. The van der Waals surface area contributed by atoms with Crippen LogP contribution in [0.15, 0.2) is 54.6 Å². The third-order valence-corrected chi connectivity index (χ3v) is 4.79. The van der Waals surface area contributed by atoms with Crippen molar-refractivity contribution < 1.29 is 9.53 Å². The molecule has 3 N–H and O–H groups in total. The van der Waals surface area contributed by atoms with Crippen molar-refractivity contribution in [1.82, 2.24) is 5.32 Å². The first-order valence-electron chi connectivity index (χ1n) is 8.61. The van der Waals surface area contributed by atoms with Gasteiger partial charge in [-0.3, -0.25) is 4.79 Å². The summed E-state index contributed by atoms with van der Waals surface area (Å²) in [5.41, 5.74) is 7.82. The molecule has 4 nitrogen and oxygen atoms in total. The fourth-order valence-electron chi connectivity index (χ4n) is 3.13. The predicted molar refractivity (Wildman–Crippen MR) is 99.4 cm³/mol. The van der Waals surface area contributed by atoms with Gasteiger partial charge in [0.1, 0.15) is 6.10 Å². The molecule has 0 aromatic heterocycles. The van der Waals surface area contributed by atoms with E-state index in [2.05, 4.69) is 5.32 Å². The molecule has 5 heteroatoms. The molecule has 1 heterocycles. The van der Waals surface area contributed by atoms with Crippen molar-refractivity contribution >= 4 is 17.5 Å². The molecular weight excluding hydrogens is 336 g/mol. The largest absolute Gasteiger partial charge is 0.364 e. The van der Waals surface area contributed by atoms with Crippen molar-refractivity contribution in [3.63, 3.8) is 0 Å². The Morgan fingerprint density at radius 3 is 2.52 bits per heavy atom. The maximum Gasteiger partial charge on any atom is 0.249 e. The van der Waals surface area contributed by atoms with Crippen LogP contribution in [0.4, 0.5) is 0 Å². The molecule has 0 radical (unpaired) electrons. The number of hydrogen-bond acceptors (Lipinski definition) is 3. The first-order chi connectivity index (χ1) is 12.2. The fraction of sp³-hybridized carbons (Fsp3) is 0.350. The second-order valence-electron chi connectivity index (χ2n) is 6.36. The standard InChI is InChI=1S/C20H23ClN2O2/c21-16-8-6-14(7-9-16)12-18(15-4-2-1-3-5-15)23-20(24)19-11-10-17(13-22)25-19/h1-9,17-19H,10-13,22H2,(H,23,24)/t17-,18?,19+/m1/s1. The molecule has 1 unspecified atom stereocenters. The normalized spacial score (nSPS) is 21.0. The van der Waals surface area contributed by atoms with Crippen LogP contribution in [0.3, 0.4) is 0 Å². The molecule has 3 rings (SSSR count). The number of ether oxygens (including phenoxy) is 1. The lowest BCUT2D eigenvalue weighted by molar-refractivity contribution is -0.132. The second kappa shape index (κ2) is 8.48. The van der Waals surface area contributed by atoms with Crippen LogP contribution < -0.4 is 11.1 Å². The molecule has 1 aliphatic rings. The summed E-state index contributed by atoms with van der Waals surface area (Å²) in [5.74, 6) is -0.0706. The van der Waals surface area contributed by atoms with Gasteiger partial charge in [0.15, 0.2) is 0 Å². The summed E-state index contributed by atoms with van der Waals surface area (Å²) in [6.45, 7) is 0.455. The fourth-order valence-corrected chi connectivity index (χ4v) is 3.26. The minimum absolute atomic E-state index is 0.0119. The van der Waals surface area contributed by atoms with Crippen molar-refractivity contribution in [2.24, 2.45) is 5.73 Å². The van der Waals surface area contributed by atoms with Gasteiger partial charge in [0, 0.05) is 11.6 Å². The van der Waals surface area contributed by atoms with Crippen molar-refractivity contribution in [1.29, 1.82) is 0 Å². The number of benzene rings is 2. The highest BCUT2D eigenvalue weighted by Crippen LogP contribution is 2.23. The number of rotatable bonds is 6. The average Bonchev–Trinajstić information content (AvgIpc) is 3.13. The Bertz CT molecular complexity index is 691. The molecule has 3 atom stereocenters. The molecule has 0 spiro atoms. The van der Waals surface area contributed by atoms with Crippen LogP contribution in [-0.4, -0.2) is 24.7 Å². The Labute approximate surface area is 153 Å². The summed E-state index contributed by atoms with van der Waals surface area (Å²) in [6.07, 6.45) is 1.82. The van der Waals surface area contributed by atoms with Crippen molar-refractivity contribution in [2.75, 3.05) is 6.54 Å². The molecule has 2 aromatic rings. The smallest absolute Gasteiger partial charge is 0.249 e. The average molecular weight is 359 g/mol. The molecule has 1 amide bonds. The van der Waals surface area contributed by atoms with Gasteiger partial charge in [-0.15, -0.1) is 0 Å². The van der Waals surface area contributed by atoms with Gasteiger partial charge in [-0.2, -0.15) is 0 Å². The maximum absolute atomic E-state index is 12.6. The Kier molecular flexibility index (Phi) is 6.08. The van der Waals surface area contributed by atoms with E-state index in [9.17, 15) is 4.79 Å². The number of nitrogens with two attached hydrogens (primary N) is 1. The first kappa shape index (κ1) is 17.9. The lowest BCUT2D eigenvalue weighted by Gasteiger charge is -2.22. The first-order valence-corrected chi connectivity index (χ1v) is 8.99. The van der Waals surface area contributed by atoms with E-state index in [4.69, 9.17) is 22.1 Å². The third-order valence-electron chi connectivity index (χ3n) is 4.53. The van der Waals surface area contributed by atoms with Crippen LogP contribution in [0.1, 0.15) is 30.0 Å². The van der Waals surface area contributed by atoms with Crippen LogP contribution >= 0.6 is 11.6 Å². The highest BCUT2D eigenvalue weighted by molar-refractivity contribution is 6.30. The minimum atomic E-state index is -0.412. The van der Waals surface area contributed by atoms with Gasteiger partial charge in [-0.05, 0) is 42.5 Å². The van der Waals surface area contributed by atoms with E-state index in [0.29, 0.717) is 18.0 Å². The van der Waals surface area contributed by atoms with Crippen LogP contribution in [0, 0.1) is 0 Å². The number of nitrogens with one attached hydrogen (secondary N) is 1. The van der Waals surface area contributed by atoms with Crippen LogP contribution in [0.5, 0.6) is 0 Å². The zero-order valence-electron chi connectivity index (χ0n) is 14.0. The maximum atomic E-state index is 12.6. The minimum Gasteiger partial charge on any atom is -0.364 e. The van der Waals surface area contributed by atoms with Crippen molar-refractivity contribution in [2.45, 2.75) is 37.5 Å². The van der Waals surface area contributed by atoms with E-state index < -0.39 is 6.10 Å². The predicted octanol–water partition coefficient (Wildman–Crippen LogP) is 3.25. The number of hydrogen-bond donors (Lipinski definition) is 2. The zero-order chi connectivity index (χ0) is 17.6. The van der Waals surface area contributed by atoms with E-state index in [1.54, 1.807) is 0 Å². The van der Waals surface area contributed by atoms with Crippen LogP contribution in [0.25, 0.3) is 0 Å². The number of amides is 1. The lowest BCUT2D eigenvalue weighted by atomic mass is 9.98. The Balaban J connectivity index is 1.72. The monoisotopic (exact) mass is 358 g/mol. The van der Waals surface area contributed by atoms with Gasteiger partial charge in [0.2, 0.25) is 5.91 Å². The SMILES string of the molecule is NC[C@H]1CC[C@@H](C(=O)NC(Cc2ccc(Cl)cc2)c2ccccc2)O1. The van der Waals surface area contributed by atoms with Gasteiger partial charge in [-0.1, -0.05) is 54.1 Å². The molecule has 132 valence electrons. The van der Waals surface area contributed by atoms with Gasteiger partial charge in [0.05, 0.1) is 12.1 Å². The molecule has 2 aromatic carbocycles. The van der Waals surface area contributed by atoms with Crippen molar-refractivity contribution in [3.8, 4) is 0 Å². The molecule has 25 heavy (non-hydrogen) atoms. The number of carbonyl (C=O) groups excluding carboxylic acids is 1. The van der Waals surface area contributed by atoms with Gasteiger partial charge in [-0.25, -0.2) is 0 Å². The van der Waals surface area contributed by atoms with Crippen LogP contribution in [0.2, 0.25) is 5.02 Å². The lowest BCUT2D eigenvalue weighted by Crippen LogP contribution is -2.38. The number of halogens is 1. The quantitative estimate of drug-likeness (QED) is 0.833. The van der Waals surface area contributed by atoms with Gasteiger partial charge >= 0.3 is 0 Å². The van der Waals surface area contributed by atoms with E-state index in [-0.39, 0.29) is 18.1 Å². The van der Waals surface area contributed by atoms with E-state index in [0.717, 1.165) is 24.0 Å². The molecular formula is C20H23ClN2O2. The topological polar surface area (TPSA) is 64.4 Å². The van der Waals surface area contributed by atoms with E-state index >= 15 is 0 Å². The zero-order valence-corrected chi connectivity index (χ0v) is 14.8. The number of carbonyl (C=O) groups is 1. The summed E-state index contributed by atoms with van der Waals surface area (Å²) in [4.78, 5) is 12.6. The van der Waals surface area contributed by atoms with E-state index in [1.807, 2.05) is 54.6 Å². The Morgan fingerprint density at radius 1 is 1.16 bits per heavy atom. The molecule has 0 saturated carbocycles. The molecule has 1 saturated heterocycles. The van der Waals surface area contributed by atoms with Gasteiger partial charge in [0.25, 0.3) is 0 Å². The Morgan fingerprint density at radius 2 is 1.88 bits per heavy atom. The third kappa shape index (κ3) is 4.82. The van der Waals surface area contributed by atoms with E-state index in [1.165, 1.54) is 0 Å².